The van der Waals surface area contributed by atoms with Crippen LogP contribution < -0.4 is 0 Å². The van der Waals surface area contributed by atoms with Crippen LogP contribution in [0.25, 0.3) is 0 Å². The lowest BCUT2D eigenvalue weighted by Crippen LogP contribution is -2.58. The maximum Gasteiger partial charge on any atom is 0.411 e. The van der Waals surface area contributed by atoms with Crippen LogP contribution in [-0.2, 0) is 14.3 Å². The Morgan fingerprint density at radius 3 is 2.33 bits per heavy atom. The zero-order valence-electron chi connectivity index (χ0n) is 14.0. The van der Waals surface area contributed by atoms with Gasteiger partial charge in [0.2, 0.25) is 0 Å². The number of nitrogens with zero attached hydrogens (tertiary/aromatic N) is 1. The third kappa shape index (κ3) is 4.35. The Morgan fingerprint density at radius 2 is 1.81 bits per heavy atom. The third-order valence-electron chi connectivity index (χ3n) is 3.84. The summed E-state index contributed by atoms with van der Waals surface area (Å²) in [6.07, 6.45) is 3.60. The minimum Gasteiger partial charge on any atom is -0.464 e. The first kappa shape index (κ1) is 17.8. The first-order chi connectivity index (χ1) is 9.77. The zero-order chi connectivity index (χ0) is 16.1. The van der Waals surface area contributed by atoms with Gasteiger partial charge in [-0.05, 0) is 47.0 Å². The number of carbonyl (C=O) groups excluding carboxylic acids is 2. The molecule has 1 saturated heterocycles. The van der Waals surface area contributed by atoms with E-state index in [0.29, 0.717) is 26.0 Å². The van der Waals surface area contributed by atoms with Crippen LogP contribution in [-0.4, -0.2) is 41.3 Å². The van der Waals surface area contributed by atoms with Gasteiger partial charge in [0.1, 0.15) is 11.1 Å². The van der Waals surface area contributed by atoms with Crippen molar-refractivity contribution < 1.29 is 19.1 Å². The summed E-state index contributed by atoms with van der Waals surface area (Å²) in [5.74, 6) is -0.305. The van der Waals surface area contributed by atoms with Crippen molar-refractivity contribution in [3.05, 3.63) is 0 Å². The van der Waals surface area contributed by atoms with Crippen LogP contribution in [0.4, 0.5) is 4.79 Å². The summed E-state index contributed by atoms with van der Waals surface area (Å²) < 4.78 is 10.8. The van der Waals surface area contributed by atoms with Crippen molar-refractivity contribution in [2.24, 2.45) is 0 Å². The van der Waals surface area contributed by atoms with E-state index in [2.05, 4.69) is 0 Å². The van der Waals surface area contributed by atoms with Crippen LogP contribution >= 0.6 is 0 Å². The summed E-state index contributed by atoms with van der Waals surface area (Å²) in [6.45, 7) is 10.1. The molecule has 1 atom stereocenters. The van der Waals surface area contributed by atoms with Gasteiger partial charge in [-0.1, -0.05) is 19.8 Å². The maximum atomic E-state index is 12.5. The predicted octanol–water partition coefficient (Wildman–Crippen LogP) is 3.51. The largest absolute Gasteiger partial charge is 0.464 e. The highest BCUT2D eigenvalue weighted by Gasteiger charge is 2.48. The first-order valence-electron chi connectivity index (χ1n) is 7.94. The van der Waals surface area contributed by atoms with Crippen LogP contribution in [0.2, 0.25) is 0 Å². The molecule has 5 nitrogen and oxygen atoms in total. The third-order valence-corrected chi connectivity index (χ3v) is 3.84. The predicted molar refractivity (Wildman–Crippen MR) is 81.1 cm³/mol. The molecule has 122 valence electrons. The summed E-state index contributed by atoms with van der Waals surface area (Å²) in [5, 5.41) is 0. The summed E-state index contributed by atoms with van der Waals surface area (Å²) >= 11 is 0. The second-order valence-electron chi connectivity index (χ2n) is 6.55. The van der Waals surface area contributed by atoms with Gasteiger partial charge in [0.15, 0.2) is 0 Å². The van der Waals surface area contributed by atoms with Gasteiger partial charge in [-0.2, -0.15) is 0 Å². The molecule has 1 aliphatic rings. The fraction of sp³-hybridized carbons (Fsp3) is 0.875. The minimum absolute atomic E-state index is 0.305. The van der Waals surface area contributed by atoms with Gasteiger partial charge in [0.05, 0.1) is 6.61 Å². The van der Waals surface area contributed by atoms with E-state index in [1.807, 2.05) is 27.7 Å². The lowest BCUT2D eigenvalue weighted by Gasteiger charge is -2.40. The number of esters is 1. The van der Waals surface area contributed by atoms with Gasteiger partial charge < -0.3 is 9.47 Å². The monoisotopic (exact) mass is 299 g/mol. The average Bonchev–Trinajstić information content (AvgIpc) is 2.59. The fourth-order valence-corrected chi connectivity index (χ4v) is 2.79. The summed E-state index contributed by atoms with van der Waals surface area (Å²) in [4.78, 5) is 26.7. The molecule has 1 amide bonds. The maximum absolute atomic E-state index is 12.5. The van der Waals surface area contributed by atoms with E-state index >= 15 is 0 Å². The molecule has 0 saturated carbocycles. The summed E-state index contributed by atoms with van der Waals surface area (Å²) in [6, 6.07) is 0. The van der Waals surface area contributed by atoms with Crippen molar-refractivity contribution in [1.29, 1.82) is 0 Å². The lowest BCUT2D eigenvalue weighted by atomic mass is 9.89. The second kappa shape index (κ2) is 7.14. The Balaban J connectivity index is 3.08. The molecule has 0 aliphatic carbocycles. The molecule has 0 spiro atoms. The van der Waals surface area contributed by atoms with Gasteiger partial charge in [-0.3, -0.25) is 4.90 Å². The summed E-state index contributed by atoms with van der Waals surface area (Å²) in [7, 11) is 0. The van der Waals surface area contributed by atoms with Crippen LogP contribution in [0.1, 0.15) is 66.7 Å². The minimum atomic E-state index is -0.880. The van der Waals surface area contributed by atoms with Crippen molar-refractivity contribution >= 4 is 12.1 Å². The van der Waals surface area contributed by atoms with Crippen molar-refractivity contribution in [3.63, 3.8) is 0 Å². The zero-order valence-corrected chi connectivity index (χ0v) is 14.0. The van der Waals surface area contributed by atoms with Crippen LogP contribution in [0.5, 0.6) is 0 Å². The molecular weight excluding hydrogens is 270 g/mol. The topological polar surface area (TPSA) is 55.8 Å². The Bertz CT molecular complexity index is 375. The van der Waals surface area contributed by atoms with E-state index < -0.39 is 17.2 Å². The molecular formula is C16H29NO4. The Hall–Kier alpha value is -1.26. The standard InChI is InChI=1S/C16H29NO4/c1-6-16(13(18)20-7-2)11-9-8-10-12-17(16)14(19)21-15(3,4)5/h6-12H2,1-5H3/t16-/m0/s1. The van der Waals surface area contributed by atoms with Gasteiger partial charge in [0.25, 0.3) is 0 Å². The lowest BCUT2D eigenvalue weighted by molar-refractivity contribution is -0.158. The molecule has 0 N–H and O–H groups in total. The SMILES string of the molecule is CCOC(=O)[C@]1(CC)CCCCCN1C(=O)OC(C)(C)C. The fourth-order valence-electron chi connectivity index (χ4n) is 2.79. The van der Waals surface area contributed by atoms with E-state index in [-0.39, 0.29) is 5.97 Å². The van der Waals surface area contributed by atoms with Crippen LogP contribution in [0.3, 0.4) is 0 Å². The normalized spacial score (nSPS) is 23.4. The number of carbonyl (C=O) groups is 2. The van der Waals surface area contributed by atoms with Gasteiger partial charge in [0, 0.05) is 6.54 Å². The van der Waals surface area contributed by atoms with E-state index in [0.717, 1.165) is 19.3 Å². The molecule has 0 unspecified atom stereocenters. The van der Waals surface area contributed by atoms with Crippen molar-refractivity contribution in [2.45, 2.75) is 77.9 Å². The van der Waals surface area contributed by atoms with E-state index in [1.54, 1.807) is 11.8 Å². The van der Waals surface area contributed by atoms with E-state index in [1.165, 1.54) is 0 Å². The van der Waals surface area contributed by atoms with Crippen molar-refractivity contribution in [2.75, 3.05) is 13.2 Å². The molecule has 0 bridgehead atoms. The first-order valence-corrected chi connectivity index (χ1v) is 7.94. The van der Waals surface area contributed by atoms with Crippen molar-refractivity contribution in [1.82, 2.24) is 4.90 Å². The number of hydrogen-bond acceptors (Lipinski definition) is 4. The average molecular weight is 299 g/mol. The highest BCUT2D eigenvalue weighted by molar-refractivity contribution is 5.86. The molecule has 1 aliphatic heterocycles. The molecule has 1 fully saturated rings. The molecule has 5 heteroatoms. The molecule has 0 aromatic heterocycles. The van der Waals surface area contributed by atoms with E-state index in [9.17, 15) is 9.59 Å². The number of rotatable bonds is 3. The molecule has 1 rings (SSSR count). The number of likely N-dealkylation sites (tertiary alicyclic amines) is 1. The summed E-state index contributed by atoms with van der Waals surface area (Å²) in [5.41, 5.74) is -1.45. The highest BCUT2D eigenvalue weighted by atomic mass is 16.6. The number of ether oxygens (including phenoxy) is 2. The molecule has 0 aromatic rings. The Morgan fingerprint density at radius 1 is 1.14 bits per heavy atom. The molecule has 1 heterocycles. The van der Waals surface area contributed by atoms with Crippen LogP contribution in [0, 0.1) is 0 Å². The molecule has 21 heavy (non-hydrogen) atoms. The van der Waals surface area contributed by atoms with Gasteiger partial charge in [-0.15, -0.1) is 0 Å². The molecule has 0 aromatic carbocycles. The van der Waals surface area contributed by atoms with Crippen molar-refractivity contribution in [3.8, 4) is 0 Å². The second-order valence-corrected chi connectivity index (χ2v) is 6.55. The Labute approximate surface area is 128 Å². The number of hydrogen-bond donors (Lipinski definition) is 0. The van der Waals surface area contributed by atoms with Gasteiger partial charge >= 0.3 is 12.1 Å². The van der Waals surface area contributed by atoms with E-state index in [4.69, 9.17) is 9.47 Å². The number of amides is 1. The molecule has 0 radical (unpaired) electrons. The highest BCUT2D eigenvalue weighted by Crippen LogP contribution is 2.33. The smallest absolute Gasteiger partial charge is 0.411 e. The quantitative estimate of drug-likeness (QED) is 0.748. The van der Waals surface area contributed by atoms with Crippen LogP contribution in [0.15, 0.2) is 0 Å². The van der Waals surface area contributed by atoms with Gasteiger partial charge in [-0.25, -0.2) is 9.59 Å². The Kier molecular flexibility index (Phi) is 6.05.